The molecule has 2 N–H and O–H groups in total. The van der Waals surface area contributed by atoms with E-state index in [0.717, 1.165) is 16.5 Å². The molecule has 0 saturated heterocycles. The van der Waals surface area contributed by atoms with Crippen molar-refractivity contribution < 1.29 is 13.9 Å². The van der Waals surface area contributed by atoms with Crippen molar-refractivity contribution in [2.75, 3.05) is 13.7 Å². The molecule has 154 valence electrons. The molecule has 0 bridgehead atoms. The van der Waals surface area contributed by atoms with Crippen molar-refractivity contribution in [1.82, 2.24) is 14.9 Å². The number of ether oxygens (including phenoxy) is 1. The van der Waals surface area contributed by atoms with Crippen LogP contribution in [0.1, 0.15) is 33.4 Å². The van der Waals surface area contributed by atoms with Gasteiger partial charge in [0.15, 0.2) is 0 Å². The molecular formula is C23H17FN4O3. The lowest BCUT2D eigenvalue weighted by Gasteiger charge is -2.33. The van der Waals surface area contributed by atoms with Crippen LogP contribution in [0.4, 0.5) is 4.39 Å². The van der Waals surface area contributed by atoms with E-state index in [2.05, 4.69) is 16.0 Å². The molecule has 4 aromatic rings. The number of rotatable bonds is 2. The lowest BCUT2D eigenvalue weighted by Crippen LogP contribution is -2.37. The lowest BCUT2D eigenvalue weighted by molar-refractivity contribution is 0.0333. The minimum absolute atomic E-state index is 0.208. The first-order valence-corrected chi connectivity index (χ1v) is 9.68. The summed E-state index contributed by atoms with van der Waals surface area (Å²) in [6.45, 7) is 0.451. The molecule has 0 unspecified atom stereocenters. The van der Waals surface area contributed by atoms with Gasteiger partial charge in [0, 0.05) is 29.2 Å². The van der Waals surface area contributed by atoms with Gasteiger partial charge in [0.1, 0.15) is 11.5 Å². The summed E-state index contributed by atoms with van der Waals surface area (Å²) in [4.78, 5) is 33.1. The predicted molar refractivity (Wildman–Crippen MR) is 112 cm³/mol. The number of amides is 1. The third-order valence-electron chi connectivity index (χ3n) is 5.73. The van der Waals surface area contributed by atoms with E-state index < -0.39 is 17.4 Å². The Bertz CT molecular complexity index is 1460. The third-order valence-corrected chi connectivity index (χ3v) is 5.73. The Morgan fingerprint density at radius 2 is 2.03 bits per heavy atom. The van der Waals surface area contributed by atoms with Gasteiger partial charge in [-0.2, -0.15) is 5.26 Å². The van der Waals surface area contributed by atoms with Gasteiger partial charge >= 0.3 is 0 Å². The van der Waals surface area contributed by atoms with Crippen molar-refractivity contribution in [3.05, 3.63) is 81.2 Å². The zero-order valence-corrected chi connectivity index (χ0v) is 16.5. The molecule has 0 aliphatic carbocycles. The summed E-state index contributed by atoms with van der Waals surface area (Å²) in [5.74, 6) is -0.765. The monoisotopic (exact) mass is 416 g/mol. The zero-order chi connectivity index (χ0) is 21.7. The van der Waals surface area contributed by atoms with Gasteiger partial charge in [-0.15, -0.1) is 0 Å². The number of nitriles is 1. The SMILES string of the molecule is CN(C(=O)c1cc2cc(C#N)ccc2[nH]1)[C@H]1COCc2[nH]c(=O)c3cc(F)ccc3c21. The summed E-state index contributed by atoms with van der Waals surface area (Å²) >= 11 is 0. The normalized spacial score (nSPS) is 15.6. The second kappa shape index (κ2) is 7.07. The molecule has 8 heteroatoms. The number of nitrogens with one attached hydrogen (secondary N) is 2. The smallest absolute Gasteiger partial charge is 0.270 e. The summed E-state index contributed by atoms with van der Waals surface area (Å²) in [6.07, 6.45) is 0. The topological polar surface area (TPSA) is 102 Å². The molecule has 1 atom stereocenters. The van der Waals surface area contributed by atoms with Crippen LogP contribution in [0.5, 0.6) is 0 Å². The van der Waals surface area contributed by atoms with Crippen LogP contribution in [0.2, 0.25) is 0 Å². The van der Waals surface area contributed by atoms with E-state index in [0.29, 0.717) is 22.3 Å². The van der Waals surface area contributed by atoms with Gasteiger partial charge in [-0.25, -0.2) is 4.39 Å². The first-order chi connectivity index (χ1) is 15.0. The fourth-order valence-corrected chi connectivity index (χ4v) is 4.18. The molecule has 5 rings (SSSR count). The van der Waals surface area contributed by atoms with Crippen molar-refractivity contribution in [3.63, 3.8) is 0 Å². The molecule has 31 heavy (non-hydrogen) atoms. The van der Waals surface area contributed by atoms with Crippen molar-refractivity contribution in [2.24, 2.45) is 0 Å². The number of pyridine rings is 1. The number of hydrogen-bond donors (Lipinski definition) is 2. The van der Waals surface area contributed by atoms with Crippen molar-refractivity contribution in [2.45, 2.75) is 12.6 Å². The Labute approximate surface area is 175 Å². The molecule has 7 nitrogen and oxygen atoms in total. The Kier molecular flexibility index (Phi) is 4.34. The van der Waals surface area contributed by atoms with Crippen LogP contribution in [0.15, 0.2) is 47.3 Å². The average molecular weight is 416 g/mol. The van der Waals surface area contributed by atoms with E-state index in [9.17, 15) is 14.0 Å². The molecule has 0 saturated carbocycles. The molecule has 1 aliphatic heterocycles. The van der Waals surface area contributed by atoms with Gasteiger partial charge in [-0.1, -0.05) is 6.07 Å². The number of fused-ring (bicyclic) bond motifs is 4. The van der Waals surface area contributed by atoms with Crippen molar-refractivity contribution in [1.29, 1.82) is 5.26 Å². The van der Waals surface area contributed by atoms with E-state index in [4.69, 9.17) is 10.00 Å². The zero-order valence-electron chi connectivity index (χ0n) is 16.5. The number of aromatic amines is 2. The molecular weight excluding hydrogens is 399 g/mol. The summed E-state index contributed by atoms with van der Waals surface area (Å²) in [5, 5.41) is 10.7. The third kappa shape index (κ3) is 3.07. The second-order valence-electron chi connectivity index (χ2n) is 7.58. The summed E-state index contributed by atoms with van der Waals surface area (Å²) in [7, 11) is 1.66. The number of aromatic nitrogens is 2. The number of hydrogen-bond acceptors (Lipinski definition) is 4. The first kappa shape index (κ1) is 19.0. The Hall–Kier alpha value is -3.96. The second-order valence-corrected chi connectivity index (χ2v) is 7.58. The summed E-state index contributed by atoms with van der Waals surface area (Å²) in [6, 6.07) is 12.6. The van der Waals surface area contributed by atoms with Crippen LogP contribution in [0.25, 0.3) is 21.7 Å². The highest BCUT2D eigenvalue weighted by Gasteiger charge is 2.31. The minimum atomic E-state index is -0.499. The van der Waals surface area contributed by atoms with E-state index >= 15 is 0 Å². The molecule has 0 fully saturated rings. The van der Waals surface area contributed by atoms with E-state index in [1.54, 1.807) is 42.3 Å². The first-order valence-electron chi connectivity index (χ1n) is 9.68. The van der Waals surface area contributed by atoms with E-state index in [1.807, 2.05) is 0 Å². The van der Waals surface area contributed by atoms with Crippen LogP contribution in [0.3, 0.4) is 0 Å². The van der Waals surface area contributed by atoms with Crippen LogP contribution in [0, 0.1) is 17.1 Å². The van der Waals surface area contributed by atoms with Crippen LogP contribution in [-0.4, -0.2) is 34.4 Å². The lowest BCUT2D eigenvalue weighted by atomic mass is 9.95. The molecule has 0 radical (unpaired) electrons. The number of benzene rings is 2. The van der Waals surface area contributed by atoms with Crippen molar-refractivity contribution in [3.8, 4) is 6.07 Å². The fraction of sp³-hybridized carbons (Fsp3) is 0.174. The van der Waals surface area contributed by atoms with Gasteiger partial charge < -0.3 is 19.6 Å². The highest BCUT2D eigenvalue weighted by atomic mass is 19.1. The standard InChI is InChI=1S/C23H17FN4O3/c1-28(23(30)18-7-13-6-12(9-25)2-5-17(13)26-18)20-11-31-10-19-21(20)15-4-3-14(24)8-16(15)22(29)27-19/h2-8,20,26H,10-11H2,1H3,(H,27,29)/t20-/m0/s1. The van der Waals surface area contributed by atoms with Gasteiger partial charge in [0.05, 0.1) is 36.3 Å². The molecule has 2 aromatic carbocycles. The quantitative estimate of drug-likeness (QED) is 0.523. The maximum Gasteiger partial charge on any atom is 0.270 e. The number of carbonyl (C=O) groups excluding carboxylic acids is 1. The highest BCUT2D eigenvalue weighted by Crippen LogP contribution is 2.33. The number of halogens is 1. The van der Waals surface area contributed by atoms with Gasteiger partial charge in [-0.05, 0) is 41.8 Å². The molecule has 3 heterocycles. The fourth-order valence-electron chi connectivity index (χ4n) is 4.18. The van der Waals surface area contributed by atoms with Crippen LogP contribution in [-0.2, 0) is 11.3 Å². The molecule has 0 spiro atoms. The number of nitrogens with zero attached hydrogens (tertiary/aromatic N) is 2. The largest absolute Gasteiger partial charge is 0.373 e. The number of H-pyrrole nitrogens is 2. The molecule has 1 aliphatic rings. The van der Waals surface area contributed by atoms with Gasteiger partial charge in [0.25, 0.3) is 11.5 Å². The Balaban J connectivity index is 1.58. The van der Waals surface area contributed by atoms with Crippen molar-refractivity contribution >= 4 is 27.6 Å². The number of likely N-dealkylation sites (N-methyl/N-ethyl adjacent to an activating group) is 1. The Morgan fingerprint density at radius 1 is 1.19 bits per heavy atom. The highest BCUT2D eigenvalue weighted by molar-refractivity contribution is 5.98. The van der Waals surface area contributed by atoms with Gasteiger partial charge in [-0.3, -0.25) is 9.59 Å². The maximum absolute atomic E-state index is 13.7. The predicted octanol–water partition coefficient (Wildman–Crippen LogP) is 3.36. The van der Waals surface area contributed by atoms with Gasteiger partial charge in [0.2, 0.25) is 0 Å². The molecule has 2 aromatic heterocycles. The Morgan fingerprint density at radius 3 is 2.84 bits per heavy atom. The van der Waals surface area contributed by atoms with E-state index in [1.165, 1.54) is 12.1 Å². The minimum Gasteiger partial charge on any atom is -0.373 e. The van der Waals surface area contributed by atoms with E-state index in [-0.39, 0.29) is 24.5 Å². The molecule has 1 amide bonds. The maximum atomic E-state index is 13.7. The number of carbonyl (C=O) groups is 1. The average Bonchev–Trinajstić information content (AvgIpc) is 3.21. The summed E-state index contributed by atoms with van der Waals surface area (Å²) < 4.78 is 19.4. The van der Waals surface area contributed by atoms with Crippen LogP contribution < -0.4 is 5.56 Å². The van der Waals surface area contributed by atoms with Crippen LogP contribution >= 0.6 is 0 Å². The summed E-state index contributed by atoms with van der Waals surface area (Å²) in [5.41, 5.74) is 2.57.